The van der Waals surface area contributed by atoms with E-state index in [0.29, 0.717) is 27.7 Å². The van der Waals surface area contributed by atoms with Crippen molar-refractivity contribution in [2.75, 3.05) is 11.3 Å². The molecule has 2 heterocycles. The summed E-state index contributed by atoms with van der Waals surface area (Å²) < 4.78 is 36.5. The first-order valence-corrected chi connectivity index (χ1v) is 11.2. The quantitative estimate of drug-likeness (QED) is 0.397. The maximum atomic E-state index is 12.4. The van der Waals surface area contributed by atoms with Crippen molar-refractivity contribution in [2.45, 2.75) is 33.3 Å². The number of pyridine rings is 1. The van der Waals surface area contributed by atoms with Gasteiger partial charge >= 0.3 is 0 Å². The van der Waals surface area contributed by atoms with Crippen LogP contribution in [-0.4, -0.2) is 24.9 Å². The zero-order valence-corrected chi connectivity index (χ0v) is 17.9. The van der Waals surface area contributed by atoms with Crippen molar-refractivity contribution in [1.82, 2.24) is 14.7 Å². The van der Waals surface area contributed by atoms with Crippen molar-refractivity contribution in [3.63, 3.8) is 0 Å². The standard InChI is InChI=1S/C20H25N5O4S/c1-4-11-21-30(27,28)24-19-20(23-17-10-6-5-9-16(17)22-19)29-18(14(2)3)15-8-7-12-25(26)13-15/h5-10,12-14,18,21H,4,11H2,1-3H3,(H,22,24)/t18-/m0/s1. The lowest BCUT2D eigenvalue weighted by Gasteiger charge is -2.23. The second-order valence-electron chi connectivity index (χ2n) is 7.15. The highest BCUT2D eigenvalue weighted by atomic mass is 32.2. The van der Waals surface area contributed by atoms with Crippen LogP contribution in [0.3, 0.4) is 0 Å². The predicted octanol–water partition coefficient (Wildman–Crippen LogP) is 2.70. The Hall–Kier alpha value is -2.98. The first kappa shape index (κ1) is 21.7. The van der Waals surface area contributed by atoms with Crippen LogP contribution in [0.2, 0.25) is 0 Å². The number of ether oxygens (including phenoxy) is 1. The summed E-state index contributed by atoms with van der Waals surface area (Å²) in [7, 11) is -3.85. The van der Waals surface area contributed by atoms with E-state index in [1.807, 2.05) is 26.8 Å². The van der Waals surface area contributed by atoms with E-state index in [1.54, 1.807) is 30.3 Å². The van der Waals surface area contributed by atoms with Gasteiger partial charge < -0.3 is 9.94 Å². The van der Waals surface area contributed by atoms with Crippen LogP contribution in [0.25, 0.3) is 11.0 Å². The number of fused-ring (bicyclic) bond motifs is 1. The third-order valence-corrected chi connectivity index (χ3v) is 5.33. The van der Waals surface area contributed by atoms with Gasteiger partial charge in [0.05, 0.1) is 16.6 Å². The average molecular weight is 432 g/mol. The van der Waals surface area contributed by atoms with Gasteiger partial charge in [-0.15, -0.1) is 0 Å². The number of nitrogens with one attached hydrogen (secondary N) is 2. The Morgan fingerprint density at radius 3 is 2.47 bits per heavy atom. The van der Waals surface area contributed by atoms with E-state index in [0.717, 1.165) is 0 Å². The molecule has 0 aliphatic carbocycles. The Labute approximate surface area is 175 Å². The maximum absolute atomic E-state index is 12.4. The van der Waals surface area contributed by atoms with E-state index in [9.17, 15) is 13.6 Å². The fourth-order valence-electron chi connectivity index (χ4n) is 2.88. The predicted molar refractivity (Wildman–Crippen MR) is 114 cm³/mol. The number of rotatable bonds is 9. The molecule has 1 aromatic carbocycles. The van der Waals surface area contributed by atoms with Crippen LogP contribution in [0.4, 0.5) is 5.82 Å². The molecule has 0 bridgehead atoms. The Morgan fingerprint density at radius 2 is 1.83 bits per heavy atom. The third-order valence-electron chi connectivity index (χ3n) is 4.28. The number of hydrogen-bond acceptors (Lipinski definition) is 6. The van der Waals surface area contributed by atoms with E-state index in [2.05, 4.69) is 19.4 Å². The lowest BCUT2D eigenvalue weighted by Crippen LogP contribution is -2.31. The molecule has 2 N–H and O–H groups in total. The number of anilines is 1. The molecule has 0 radical (unpaired) electrons. The second kappa shape index (κ2) is 9.23. The van der Waals surface area contributed by atoms with Crippen LogP contribution < -0.4 is 18.9 Å². The first-order chi connectivity index (χ1) is 14.3. The fourth-order valence-corrected chi connectivity index (χ4v) is 3.81. The van der Waals surface area contributed by atoms with E-state index >= 15 is 0 Å². The van der Waals surface area contributed by atoms with Gasteiger partial charge in [0.25, 0.3) is 16.1 Å². The molecule has 0 unspecified atom stereocenters. The minimum atomic E-state index is -3.85. The van der Waals surface area contributed by atoms with Gasteiger partial charge in [0.2, 0.25) is 5.82 Å². The Kier molecular flexibility index (Phi) is 6.68. The van der Waals surface area contributed by atoms with E-state index in [1.165, 1.54) is 12.4 Å². The van der Waals surface area contributed by atoms with Gasteiger partial charge in [-0.2, -0.15) is 17.9 Å². The van der Waals surface area contributed by atoms with Crippen molar-refractivity contribution < 1.29 is 17.9 Å². The van der Waals surface area contributed by atoms with Gasteiger partial charge in [-0.25, -0.2) is 9.97 Å². The highest BCUT2D eigenvalue weighted by Crippen LogP contribution is 2.32. The maximum Gasteiger partial charge on any atom is 0.300 e. The summed E-state index contributed by atoms with van der Waals surface area (Å²) in [5.74, 6) is -0.00666. The SMILES string of the molecule is CCCNS(=O)(=O)Nc1nc2ccccc2nc1O[C@H](c1ccc[n+]([O-])c1)C(C)C. The van der Waals surface area contributed by atoms with Crippen LogP contribution in [0.1, 0.15) is 38.9 Å². The molecule has 2 aromatic heterocycles. The fraction of sp³-hybridized carbons (Fsp3) is 0.350. The molecule has 0 fully saturated rings. The van der Waals surface area contributed by atoms with Crippen LogP contribution >= 0.6 is 0 Å². The molecule has 0 aliphatic rings. The number of para-hydroxylation sites is 2. The summed E-state index contributed by atoms with van der Waals surface area (Å²) in [5.41, 5.74) is 1.73. The molecule has 9 nitrogen and oxygen atoms in total. The molecule has 160 valence electrons. The van der Waals surface area contributed by atoms with Gasteiger partial charge in [0, 0.05) is 12.6 Å². The number of aromatic nitrogens is 3. The van der Waals surface area contributed by atoms with Gasteiger partial charge in [-0.3, -0.25) is 4.72 Å². The summed E-state index contributed by atoms with van der Waals surface area (Å²) in [4.78, 5) is 8.89. The molecule has 10 heteroatoms. The number of benzene rings is 1. The van der Waals surface area contributed by atoms with Crippen molar-refractivity contribution in [3.8, 4) is 5.88 Å². The van der Waals surface area contributed by atoms with Crippen molar-refractivity contribution in [2.24, 2.45) is 5.92 Å². The molecular weight excluding hydrogens is 406 g/mol. The van der Waals surface area contributed by atoms with Crippen LogP contribution in [0.5, 0.6) is 5.88 Å². The van der Waals surface area contributed by atoms with Crippen molar-refractivity contribution >= 4 is 27.1 Å². The summed E-state index contributed by atoms with van der Waals surface area (Å²) in [6.07, 6.45) is 2.92. The Balaban J connectivity index is 2.03. The molecule has 0 saturated heterocycles. The molecule has 3 rings (SSSR count). The Bertz CT molecular complexity index is 1120. The molecule has 0 spiro atoms. The number of nitrogens with zero attached hydrogens (tertiary/aromatic N) is 3. The van der Waals surface area contributed by atoms with E-state index < -0.39 is 16.3 Å². The van der Waals surface area contributed by atoms with Crippen LogP contribution in [0, 0.1) is 11.1 Å². The monoisotopic (exact) mass is 431 g/mol. The lowest BCUT2D eigenvalue weighted by atomic mass is 10.0. The van der Waals surface area contributed by atoms with Crippen LogP contribution in [0.15, 0.2) is 48.8 Å². The Morgan fingerprint density at radius 1 is 1.13 bits per heavy atom. The van der Waals surface area contributed by atoms with E-state index in [4.69, 9.17) is 4.74 Å². The van der Waals surface area contributed by atoms with Gasteiger partial charge in [0.15, 0.2) is 12.4 Å². The van der Waals surface area contributed by atoms with E-state index in [-0.39, 0.29) is 24.2 Å². The highest BCUT2D eigenvalue weighted by molar-refractivity contribution is 7.90. The second-order valence-corrected chi connectivity index (χ2v) is 8.65. The minimum Gasteiger partial charge on any atom is -0.619 e. The zero-order valence-electron chi connectivity index (χ0n) is 17.1. The normalized spacial score (nSPS) is 12.8. The van der Waals surface area contributed by atoms with Gasteiger partial charge in [-0.05, 0) is 30.5 Å². The lowest BCUT2D eigenvalue weighted by molar-refractivity contribution is -0.606. The molecule has 3 aromatic rings. The molecular formula is C20H25N5O4S. The largest absolute Gasteiger partial charge is 0.619 e. The number of hydrogen-bond donors (Lipinski definition) is 2. The van der Waals surface area contributed by atoms with Crippen molar-refractivity contribution in [3.05, 3.63) is 59.6 Å². The van der Waals surface area contributed by atoms with Crippen molar-refractivity contribution in [1.29, 1.82) is 0 Å². The van der Waals surface area contributed by atoms with Gasteiger partial charge in [-0.1, -0.05) is 32.9 Å². The summed E-state index contributed by atoms with van der Waals surface area (Å²) >= 11 is 0. The van der Waals surface area contributed by atoms with Gasteiger partial charge in [0.1, 0.15) is 6.10 Å². The molecule has 0 aliphatic heterocycles. The smallest absolute Gasteiger partial charge is 0.300 e. The molecule has 0 amide bonds. The average Bonchev–Trinajstić information content (AvgIpc) is 2.70. The third kappa shape index (κ3) is 5.33. The summed E-state index contributed by atoms with van der Waals surface area (Å²) in [6, 6.07) is 10.5. The van der Waals surface area contributed by atoms with Crippen LogP contribution in [-0.2, 0) is 10.2 Å². The summed E-state index contributed by atoms with van der Waals surface area (Å²) in [5, 5.41) is 11.7. The zero-order chi connectivity index (χ0) is 21.7. The first-order valence-electron chi connectivity index (χ1n) is 9.68. The highest BCUT2D eigenvalue weighted by Gasteiger charge is 2.24. The summed E-state index contributed by atoms with van der Waals surface area (Å²) in [6.45, 7) is 6.03. The molecule has 0 saturated carbocycles. The minimum absolute atomic E-state index is 0.0196. The topological polar surface area (TPSA) is 120 Å². The molecule has 30 heavy (non-hydrogen) atoms. The molecule has 1 atom stereocenters.